The second-order valence-electron chi connectivity index (χ2n) is 6.19. The summed E-state index contributed by atoms with van der Waals surface area (Å²) in [6, 6.07) is 22.8. The molecule has 2 aromatic carbocycles. The third kappa shape index (κ3) is 4.10. The van der Waals surface area contributed by atoms with Crippen molar-refractivity contribution in [2.45, 2.75) is 6.61 Å². The number of benzene rings is 2. The number of nitrogens with zero attached hydrogens (tertiary/aromatic N) is 1. The number of pyridine rings is 1. The molecule has 0 aliphatic heterocycles. The van der Waals surface area contributed by atoms with Gasteiger partial charge in [0.25, 0.3) is 0 Å². The molecule has 0 fully saturated rings. The van der Waals surface area contributed by atoms with Crippen LogP contribution >= 0.6 is 11.3 Å². The van der Waals surface area contributed by atoms with E-state index < -0.39 is 5.97 Å². The number of carboxylic acid groups (broad SMARTS) is 1. The smallest absolute Gasteiger partial charge is 0.336 e. The zero-order valence-electron chi connectivity index (χ0n) is 14.9. The van der Waals surface area contributed by atoms with Crippen molar-refractivity contribution in [3.8, 4) is 5.75 Å². The first-order valence-corrected chi connectivity index (χ1v) is 9.63. The first kappa shape index (κ1) is 17.9. The molecule has 2 heterocycles. The van der Waals surface area contributed by atoms with Gasteiger partial charge in [0.1, 0.15) is 12.4 Å². The maximum absolute atomic E-state index is 11.6. The van der Waals surface area contributed by atoms with Crippen LogP contribution in [0.5, 0.6) is 5.75 Å². The van der Waals surface area contributed by atoms with E-state index in [2.05, 4.69) is 4.98 Å². The highest BCUT2D eigenvalue weighted by Gasteiger charge is 2.11. The van der Waals surface area contributed by atoms with Gasteiger partial charge in [-0.2, -0.15) is 0 Å². The number of thiophene rings is 1. The summed E-state index contributed by atoms with van der Waals surface area (Å²) in [5.74, 6) is -0.290. The number of aromatic nitrogens is 1. The number of fused-ring (bicyclic) bond motifs is 1. The van der Waals surface area contributed by atoms with Crippen molar-refractivity contribution in [3.05, 3.63) is 94.3 Å². The molecule has 1 N–H and O–H groups in total. The molecule has 0 bridgehead atoms. The lowest BCUT2D eigenvalue weighted by molar-refractivity contribution is -0.130. The number of ether oxygens (including phenoxy) is 1. The topological polar surface area (TPSA) is 59.4 Å². The minimum absolute atomic E-state index is 0.255. The molecule has 5 heteroatoms. The van der Waals surface area contributed by atoms with Crippen molar-refractivity contribution in [1.82, 2.24) is 4.98 Å². The van der Waals surface area contributed by atoms with Gasteiger partial charge in [-0.05, 0) is 47.4 Å². The third-order valence-electron chi connectivity index (χ3n) is 4.27. The fourth-order valence-electron chi connectivity index (χ4n) is 2.86. The highest BCUT2D eigenvalue weighted by molar-refractivity contribution is 7.11. The number of para-hydroxylation sites is 1. The molecule has 0 saturated carbocycles. The molecule has 2 aromatic heterocycles. The van der Waals surface area contributed by atoms with Gasteiger partial charge in [0.2, 0.25) is 0 Å². The Balaban J connectivity index is 1.48. The summed E-state index contributed by atoms with van der Waals surface area (Å²) in [5, 5.41) is 12.5. The molecular formula is C23H17NO3S. The largest absolute Gasteiger partial charge is 0.487 e. The fraction of sp³-hybridized carbons (Fsp3) is 0.0435. The molecule has 4 aromatic rings. The van der Waals surface area contributed by atoms with Gasteiger partial charge in [-0.1, -0.05) is 42.5 Å². The Kier molecular flexibility index (Phi) is 5.17. The number of hydrogen-bond acceptors (Lipinski definition) is 4. The van der Waals surface area contributed by atoms with E-state index in [1.165, 1.54) is 11.3 Å². The molecule has 28 heavy (non-hydrogen) atoms. The van der Waals surface area contributed by atoms with Gasteiger partial charge < -0.3 is 9.84 Å². The van der Waals surface area contributed by atoms with Crippen LogP contribution in [-0.4, -0.2) is 16.1 Å². The molecule has 0 unspecified atom stereocenters. The zero-order chi connectivity index (χ0) is 19.3. The maximum Gasteiger partial charge on any atom is 0.336 e. The van der Waals surface area contributed by atoms with Crippen molar-refractivity contribution in [1.29, 1.82) is 0 Å². The van der Waals surface area contributed by atoms with Gasteiger partial charge in [-0.25, -0.2) is 9.78 Å². The molecule has 0 spiro atoms. The van der Waals surface area contributed by atoms with E-state index >= 15 is 0 Å². The zero-order valence-corrected chi connectivity index (χ0v) is 15.7. The summed E-state index contributed by atoms with van der Waals surface area (Å²) in [5.41, 5.74) is 2.66. The lowest BCUT2D eigenvalue weighted by Crippen LogP contribution is -2.01. The first-order chi connectivity index (χ1) is 13.7. The summed E-state index contributed by atoms with van der Waals surface area (Å²) < 4.78 is 5.81. The van der Waals surface area contributed by atoms with Crippen LogP contribution in [-0.2, 0) is 11.4 Å². The van der Waals surface area contributed by atoms with Crippen LogP contribution in [0.15, 0.2) is 78.2 Å². The number of rotatable bonds is 6. The van der Waals surface area contributed by atoms with Crippen molar-refractivity contribution in [2.24, 2.45) is 0 Å². The van der Waals surface area contributed by atoms with Crippen LogP contribution in [0.1, 0.15) is 16.1 Å². The van der Waals surface area contributed by atoms with Crippen molar-refractivity contribution >= 4 is 39.9 Å². The van der Waals surface area contributed by atoms with E-state index in [4.69, 9.17) is 4.74 Å². The normalized spacial score (nSPS) is 11.5. The van der Waals surface area contributed by atoms with Gasteiger partial charge in [0.05, 0.1) is 16.8 Å². The predicted molar refractivity (Wildman–Crippen MR) is 112 cm³/mol. The summed E-state index contributed by atoms with van der Waals surface area (Å²) >= 11 is 1.50. The minimum atomic E-state index is -0.956. The summed E-state index contributed by atoms with van der Waals surface area (Å²) in [7, 11) is 0. The standard InChI is InChI=1S/C23H17NO3S/c25-23(26)21(14-20-5-3-13-28-20)16-8-11-19(12-9-16)27-15-18-10-7-17-4-1-2-6-22(17)24-18/h1-14H,15H2,(H,25,26)/b21-14+. The number of carbonyl (C=O) groups is 1. The minimum Gasteiger partial charge on any atom is -0.487 e. The quantitative estimate of drug-likeness (QED) is 0.444. The van der Waals surface area contributed by atoms with E-state index in [1.54, 1.807) is 30.3 Å². The molecule has 0 aliphatic rings. The van der Waals surface area contributed by atoms with E-state index in [9.17, 15) is 9.90 Å². The Morgan fingerprint density at radius 1 is 1.00 bits per heavy atom. The van der Waals surface area contributed by atoms with Crippen LogP contribution in [0.25, 0.3) is 22.6 Å². The second-order valence-corrected chi connectivity index (χ2v) is 7.17. The van der Waals surface area contributed by atoms with Gasteiger partial charge in [0, 0.05) is 10.3 Å². The number of aliphatic carboxylic acids is 1. The lowest BCUT2D eigenvalue weighted by atomic mass is 10.1. The van der Waals surface area contributed by atoms with Gasteiger partial charge in [-0.15, -0.1) is 11.3 Å². The maximum atomic E-state index is 11.6. The van der Waals surface area contributed by atoms with Crippen LogP contribution < -0.4 is 4.74 Å². The van der Waals surface area contributed by atoms with Gasteiger partial charge >= 0.3 is 5.97 Å². The van der Waals surface area contributed by atoms with E-state index in [1.807, 2.05) is 53.9 Å². The third-order valence-corrected chi connectivity index (χ3v) is 5.09. The van der Waals surface area contributed by atoms with E-state index in [0.29, 0.717) is 17.9 Å². The summed E-state index contributed by atoms with van der Waals surface area (Å²) in [4.78, 5) is 17.1. The molecule has 138 valence electrons. The number of hydrogen-bond donors (Lipinski definition) is 1. The van der Waals surface area contributed by atoms with Crippen LogP contribution in [0.3, 0.4) is 0 Å². The van der Waals surface area contributed by atoms with E-state index in [-0.39, 0.29) is 5.57 Å². The molecule has 0 radical (unpaired) electrons. The van der Waals surface area contributed by atoms with Crippen LogP contribution in [0.4, 0.5) is 0 Å². The highest BCUT2D eigenvalue weighted by atomic mass is 32.1. The van der Waals surface area contributed by atoms with Crippen LogP contribution in [0, 0.1) is 0 Å². The predicted octanol–water partition coefficient (Wildman–Crippen LogP) is 5.50. The first-order valence-electron chi connectivity index (χ1n) is 8.75. The highest BCUT2D eigenvalue weighted by Crippen LogP contribution is 2.24. The molecule has 0 saturated heterocycles. The van der Waals surface area contributed by atoms with Crippen molar-refractivity contribution in [3.63, 3.8) is 0 Å². The van der Waals surface area contributed by atoms with Crippen molar-refractivity contribution < 1.29 is 14.6 Å². The fourth-order valence-corrected chi connectivity index (χ4v) is 3.52. The molecule has 4 nitrogen and oxygen atoms in total. The Bertz CT molecular complexity index is 1130. The lowest BCUT2D eigenvalue weighted by Gasteiger charge is -2.08. The Morgan fingerprint density at radius 3 is 2.57 bits per heavy atom. The van der Waals surface area contributed by atoms with Crippen molar-refractivity contribution in [2.75, 3.05) is 0 Å². The Labute approximate surface area is 166 Å². The van der Waals surface area contributed by atoms with Gasteiger partial charge in [0.15, 0.2) is 0 Å². The molecule has 4 rings (SSSR count). The Morgan fingerprint density at radius 2 is 1.82 bits per heavy atom. The SMILES string of the molecule is O=C(O)/C(=C/c1cccs1)c1ccc(OCc2ccc3ccccc3n2)cc1. The molecular weight excluding hydrogens is 370 g/mol. The van der Waals surface area contributed by atoms with Gasteiger partial charge in [-0.3, -0.25) is 0 Å². The molecule has 0 aliphatic carbocycles. The molecule has 0 atom stereocenters. The number of carboxylic acids is 1. The van der Waals surface area contributed by atoms with E-state index in [0.717, 1.165) is 21.5 Å². The summed E-state index contributed by atoms with van der Waals surface area (Å²) in [6.07, 6.45) is 1.68. The second kappa shape index (κ2) is 8.06. The Hall–Kier alpha value is -3.44. The average Bonchev–Trinajstić information content (AvgIpc) is 3.24. The average molecular weight is 387 g/mol. The van der Waals surface area contributed by atoms with Crippen LogP contribution in [0.2, 0.25) is 0 Å². The molecule has 0 amide bonds. The monoisotopic (exact) mass is 387 g/mol. The summed E-state index contributed by atoms with van der Waals surface area (Å²) in [6.45, 7) is 0.348.